The van der Waals surface area contributed by atoms with E-state index in [0.29, 0.717) is 16.4 Å². The Bertz CT molecular complexity index is 755. The molecule has 2 rings (SSSR count). The van der Waals surface area contributed by atoms with Gasteiger partial charge in [-0.25, -0.2) is 4.79 Å². The number of benzene rings is 1. The molecule has 0 saturated heterocycles. The zero-order valence-electron chi connectivity index (χ0n) is 14.0. The van der Waals surface area contributed by atoms with Gasteiger partial charge < -0.3 is 10.1 Å². The molecule has 0 radical (unpaired) electrons. The maximum Gasteiger partial charge on any atom is 0.328 e. The summed E-state index contributed by atoms with van der Waals surface area (Å²) in [7, 11) is 2.97. The average molecular weight is 350 g/mol. The molecule has 128 valence electrons. The fourth-order valence-corrected chi connectivity index (χ4v) is 2.50. The lowest BCUT2D eigenvalue weighted by Gasteiger charge is -2.19. The zero-order valence-corrected chi connectivity index (χ0v) is 14.8. The fourth-order valence-electron chi connectivity index (χ4n) is 2.31. The van der Waals surface area contributed by atoms with Crippen LogP contribution in [0.4, 0.5) is 0 Å². The minimum absolute atomic E-state index is 0.0953. The van der Waals surface area contributed by atoms with Gasteiger partial charge in [-0.1, -0.05) is 37.6 Å². The highest BCUT2D eigenvalue weighted by Crippen LogP contribution is 2.22. The van der Waals surface area contributed by atoms with Crippen molar-refractivity contribution in [2.45, 2.75) is 19.9 Å². The summed E-state index contributed by atoms with van der Waals surface area (Å²) in [5, 5.41) is 7.63. The number of aryl methyl sites for hydroxylation is 1. The molecule has 0 bridgehead atoms. The van der Waals surface area contributed by atoms with E-state index in [0.717, 1.165) is 5.56 Å². The van der Waals surface area contributed by atoms with Gasteiger partial charge in [0.2, 0.25) is 0 Å². The number of aromatic nitrogens is 2. The topological polar surface area (TPSA) is 73.2 Å². The van der Waals surface area contributed by atoms with Crippen LogP contribution < -0.4 is 5.32 Å². The Labute approximate surface area is 145 Å². The van der Waals surface area contributed by atoms with Gasteiger partial charge in [0.25, 0.3) is 5.91 Å². The Morgan fingerprint density at radius 2 is 2.00 bits per heavy atom. The molecular formula is C17H20ClN3O3. The van der Waals surface area contributed by atoms with Crippen molar-refractivity contribution in [2.24, 2.45) is 13.0 Å². The summed E-state index contributed by atoms with van der Waals surface area (Å²) in [6.07, 6.45) is 0. The zero-order chi connectivity index (χ0) is 17.9. The number of methoxy groups -OCH3 is 1. The van der Waals surface area contributed by atoms with E-state index in [-0.39, 0.29) is 11.8 Å². The maximum atomic E-state index is 12.5. The lowest BCUT2D eigenvalue weighted by molar-refractivity contribution is -0.144. The molecule has 0 aliphatic carbocycles. The molecule has 1 amide bonds. The van der Waals surface area contributed by atoms with Gasteiger partial charge in [0, 0.05) is 17.6 Å². The number of carbonyl (C=O) groups excluding carboxylic acids is 2. The number of rotatable bonds is 5. The van der Waals surface area contributed by atoms with E-state index >= 15 is 0 Å². The molecule has 0 fully saturated rings. The summed E-state index contributed by atoms with van der Waals surface area (Å²) in [6.45, 7) is 3.67. The SMILES string of the molecule is COC(=O)C(NC(=O)c1cc(-c2cccc(Cl)c2)nn1C)C(C)C. The number of esters is 1. The summed E-state index contributed by atoms with van der Waals surface area (Å²) < 4.78 is 6.21. The Morgan fingerprint density at radius 1 is 1.29 bits per heavy atom. The van der Waals surface area contributed by atoms with Crippen molar-refractivity contribution in [3.63, 3.8) is 0 Å². The van der Waals surface area contributed by atoms with E-state index in [1.807, 2.05) is 26.0 Å². The number of hydrogen-bond acceptors (Lipinski definition) is 4. The van der Waals surface area contributed by atoms with Crippen molar-refractivity contribution in [2.75, 3.05) is 7.11 Å². The highest BCUT2D eigenvalue weighted by molar-refractivity contribution is 6.30. The first kappa shape index (κ1) is 18.0. The molecule has 6 nitrogen and oxygen atoms in total. The molecule has 2 aromatic rings. The van der Waals surface area contributed by atoms with Gasteiger partial charge in [0.05, 0.1) is 12.8 Å². The molecule has 24 heavy (non-hydrogen) atoms. The minimum Gasteiger partial charge on any atom is -0.467 e. The van der Waals surface area contributed by atoms with Crippen LogP contribution in [0.15, 0.2) is 30.3 Å². The molecule has 1 unspecified atom stereocenters. The van der Waals surface area contributed by atoms with Crippen LogP contribution in [0.3, 0.4) is 0 Å². The molecule has 1 N–H and O–H groups in total. The molecule has 0 aliphatic rings. The molecule has 1 atom stereocenters. The molecule has 1 aromatic heterocycles. The summed E-state index contributed by atoms with van der Waals surface area (Å²) in [6, 6.07) is 8.17. The monoisotopic (exact) mass is 349 g/mol. The van der Waals surface area contributed by atoms with Gasteiger partial charge >= 0.3 is 5.97 Å². The van der Waals surface area contributed by atoms with Crippen molar-refractivity contribution in [3.05, 3.63) is 41.0 Å². The van der Waals surface area contributed by atoms with E-state index in [4.69, 9.17) is 16.3 Å². The van der Waals surface area contributed by atoms with Gasteiger partial charge in [-0.2, -0.15) is 5.10 Å². The van der Waals surface area contributed by atoms with Crippen molar-refractivity contribution in [1.29, 1.82) is 0 Å². The summed E-state index contributed by atoms with van der Waals surface area (Å²) >= 11 is 5.99. The second-order valence-corrected chi connectivity index (χ2v) is 6.20. The van der Waals surface area contributed by atoms with Crippen LogP contribution in [0.1, 0.15) is 24.3 Å². The average Bonchev–Trinajstić information content (AvgIpc) is 2.93. The molecule has 0 spiro atoms. The third kappa shape index (κ3) is 3.94. The third-order valence-corrected chi connectivity index (χ3v) is 3.88. The Kier molecular flexibility index (Phi) is 5.62. The Balaban J connectivity index is 2.26. The lowest BCUT2D eigenvalue weighted by atomic mass is 10.0. The minimum atomic E-state index is -0.716. The second kappa shape index (κ2) is 7.49. The predicted octanol–water partition coefficient (Wildman–Crippen LogP) is 2.67. The van der Waals surface area contributed by atoms with Crippen LogP contribution in [0.25, 0.3) is 11.3 Å². The van der Waals surface area contributed by atoms with Gasteiger partial charge in [0.15, 0.2) is 0 Å². The predicted molar refractivity (Wildman–Crippen MR) is 91.8 cm³/mol. The quantitative estimate of drug-likeness (QED) is 0.842. The number of nitrogens with one attached hydrogen (secondary N) is 1. The van der Waals surface area contributed by atoms with E-state index < -0.39 is 12.0 Å². The number of halogens is 1. The number of hydrogen-bond donors (Lipinski definition) is 1. The molecule has 0 aliphatic heterocycles. The second-order valence-electron chi connectivity index (χ2n) is 5.77. The number of carbonyl (C=O) groups is 2. The normalized spacial score (nSPS) is 12.1. The summed E-state index contributed by atoms with van der Waals surface area (Å²) in [5.41, 5.74) is 1.79. The molecular weight excluding hydrogens is 330 g/mol. The van der Waals surface area contributed by atoms with Gasteiger partial charge in [-0.3, -0.25) is 9.48 Å². The van der Waals surface area contributed by atoms with E-state index in [9.17, 15) is 9.59 Å². The molecule has 7 heteroatoms. The van der Waals surface area contributed by atoms with E-state index in [1.165, 1.54) is 11.8 Å². The smallest absolute Gasteiger partial charge is 0.328 e. The van der Waals surface area contributed by atoms with Crippen LogP contribution in [-0.4, -0.2) is 34.8 Å². The van der Waals surface area contributed by atoms with Crippen LogP contribution >= 0.6 is 11.6 Å². The third-order valence-electron chi connectivity index (χ3n) is 3.64. The van der Waals surface area contributed by atoms with E-state index in [1.54, 1.807) is 25.2 Å². The van der Waals surface area contributed by atoms with Crippen molar-refractivity contribution in [3.8, 4) is 11.3 Å². The molecule has 1 heterocycles. The maximum absolute atomic E-state index is 12.5. The largest absolute Gasteiger partial charge is 0.467 e. The van der Waals surface area contributed by atoms with Crippen LogP contribution in [-0.2, 0) is 16.6 Å². The summed E-state index contributed by atoms with van der Waals surface area (Å²) in [5.74, 6) is -0.958. The standard InChI is InChI=1S/C17H20ClN3O3/c1-10(2)15(17(23)24-4)19-16(22)14-9-13(20-21(14)3)11-6-5-7-12(18)8-11/h5-10,15H,1-4H3,(H,19,22). The van der Waals surface area contributed by atoms with Crippen molar-refractivity contribution in [1.82, 2.24) is 15.1 Å². The number of nitrogens with zero attached hydrogens (tertiary/aromatic N) is 2. The van der Waals surface area contributed by atoms with Gasteiger partial charge in [-0.05, 0) is 24.1 Å². The van der Waals surface area contributed by atoms with Crippen LogP contribution in [0.5, 0.6) is 0 Å². The van der Waals surface area contributed by atoms with E-state index in [2.05, 4.69) is 10.4 Å². The Morgan fingerprint density at radius 3 is 2.58 bits per heavy atom. The first-order valence-corrected chi connectivity index (χ1v) is 7.90. The molecule has 1 aromatic carbocycles. The van der Waals surface area contributed by atoms with Crippen molar-refractivity contribution >= 4 is 23.5 Å². The van der Waals surface area contributed by atoms with Crippen molar-refractivity contribution < 1.29 is 14.3 Å². The first-order chi connectivity index (χ1) is 11.3. The highest BCUT2D eigenvalue weighted by Gasteiger charge is 2.26. The van der Waals surface area contributed by atoms with Crippen LogP contribution in [0.2, 0.25) is 5.02 Å². The van der Waals surface area contributed by atoms with Crippen LogP contribution in [0, 0.1) is 5.92 Å². The fraction of sp³-hybridized carbons (Fsp3) is 0.353. The lowest BCUT2D eigenvalue weighted by Crippen LogP contribution is -2.45. The number of ether oxygens (including phenoxy) is 1. The first-order valence-electron chi connectivity index (χ1n) is 7.52. The number of amides is 1. The Hall–Kier alpha value is -2.34. The highest BCUT2D eigenvalue weighted by atomic mass is 35.5. The van der Waals surface area contributed by atoms with Gasteiger partial charge in [-0.15, -0.1) is 0 Å². The van der Waals surface area contributed by atoms with Gasteiger partial charge in [0.1, 0.15) is 11.7 Å². The molecule has 0 saturated carbocycles. The summed E-state index contributed by atoms with van der Waals surface area (Å²) in [4.78, 5) is 24.3.